The Hall–Kier alpha value is -2.24. The molecule has 0 aliphatic heterocycles. The van der Waals surface area contributed by atoms with Gasteiger partial charge in [-0.25, -0.2) is 4.98 Å². The van der Waals surface area contributed by atoms with Crippen molar-refractivity contribution >= 4 is 11.0 Å². The second-order valence-corrected chi connectivity index (χ2v) is 8.27. The van der Waals surface area contributed by atoms with Crippen molar-refractivity contribution in [1.29, 1.82) is 0 Å². The SMILES string of the molecule is CN(C)CCCc1cccc2[nH]c(CN(C)C3CCCc4cccnc43)nc12. The van der Waals surface area contributed by atoms with Crippen molar-refractivity contribution in [2.24, 2.45) is 0 Å². The number of H-pyrrole nitrogens is 1. The van der Waals surface area contributed by atoms with Crippen LogP contribution in [-0.2, 0) is 19.4 Å². The zero-order valence-corrected chi connectivity index (χ0v) is 17.3. The molecule has 5 heteroatoms. The summed E-state index contributed by atoms with van der Waals surface area (Å²) >= 11 is 0. The van der Waals surface area contributed by atoms with E-state index in [9.17, 15) is 0 Å². The highest BCUT2D eigenvalue weighted by atomic mass is 15.2. The highest BCUT2D eigenvalue weighted by Gasteiger charge is 2.25. The zero-order chi connectivity index (χ0) is 19.5. The lowest BCUT2D eigenvalue weighted by atomic mass is 9.91. The summed E-state index contributed by atoms with van der Waals surface area (Å²) in [5, 5.41) is 0. The van der Waals surface area contributed by atoms with Crippen LogP contribution in [0.3, 0.4) is 0 Å². The van der Waals surface area contributed by atoms with Gasteiger partial charge in [0.05, 0.1) is 29.3 Å². The second kappa shape index (κ2) is 8.41. The number of hydrogen-bond acceptors (Lipinski definition) is 4. The molecule has 1 aromatic carbocycles. The van der Waals surface area contributed by atoms with E-state index in [0.29, 0.717) is 6.04 Å². The fourth-order valence-electron chi connectivity index (χ4n) is 4.37. The standard InChI is InChI=1S/C23H31N5/c1-27(2)15-7-11-17-8-4-12-19-22(17)26-21(25-19)16-28(3)20-13-5-9-18-10-6-14-24-23(18)20/h4,6,8,10,12,14,20H,5,7,9,11,13,15-16H2,1-3H3,(H,25,26). The molecule has 1 aliphatic carbocycles. The Balaban J connectivity index is 1.51. The van der Waals surface area contributed by atoms with E-state index in [0.717, 1.165) is 55.6 Å². The highest BCUT2D eigenvalue weighted by molar-refractivity contribution is 5.78. The molecule has 28 heavy (non-hydrogen) atoms. The molecule has 148 valence electrons. The van der Waals surface area contributed by atoms with Crippen LogP contribution in [0.1, 0.15) is 47.9 Å². The number of imidazole rings is 1. The summed E-state index contributed by atoms with van der Waals surface area (Å²) in [6.45, 7) is 1.91. The molecule has 3 aromatic rings. The van der Waals surface area contributed by atoms with Gasteiger partial charge in [-0.1, -0.05) is 18.2 Å². The molecule has 0 radical (unpaired) electrons. The number of para-hydroxylation sites is 1. The van der Waals surface area contributed by atoms with Crippen molar-refractivity contribution in [1.82, 2.24) is 24.8 Å². The maximum absolute atomic E-state index is 4.97. The van der Waals surface area contributed by atoms with Crippen molar-refractivity contribution in [2.45, 2.75) is 44.7 Å². The van der Waals surface area contributed by atoms with Crippen LogP contribution in [0.2, 0.25) is 0 Å². The van der Waals surface area contributed by atoms with Gasteiger partial charge in [-0.2, -0.15) is 0 Å². The number of pyridine rings is 1. The first kappa shape index (κ1) is 19.1. The Kier molecular flexibility index (Phi) is 5.74. The third kappa shape index (κ3) is 4.10. The molecule has 1 N–H and O–H groups in total. The largest absolute Gasteiger partial charge is 0.341 e. The number of fused-ring (bicyclic) bond motifs is 2. The smallest absolute Gasteiger partial charge is 0.121 e. The van der Waals surface area contributed by atoms with Crippen molar-refractivity contribution in [3.63, 3.8) is 0 Å². The summed E-state index contributed by atoms with van der Waals surface area (Å²) in [6, 6.07) is 11.1. The van der Waals surface area contributed by atoms with Gasteiger partial charge < -0.3 is 9.88 Å². The van der Waals surface area contributed by atoms with Gasteiger partial charge in [0.2, 0.25) is 0 Å². The van der Waals surface area contributed by atoms with E-state index in [4.69, 9.17) is 9.97 Å². The number of rotatable bonds is 7. The molecule has 0 bridgehead atoms. The minimum atomic E-state index is 0.373. The van der Waals surface area contributed by atoms with Crippen LogP contribution < -0.4 is 0 Å². The lowest BCUT2D eigenvalue weighted by Crippen LogP contribution is -2.28. The number of nitrogens with one attached hydrogen (secondary N) is 1. The first-order valence-electron chi connectivity index (χ1n) is 10.4. The van der Waals surface area contributed by atoms with Crippen molar-refractivity contribution in [2.75, 3.05) is 27.7 Å². The fraction of sp³-hybridized carbons (Fsp3) is 0.478. The van der Waals surface area contributed by atoms with E-state index in [-0.39, 0.29) is 0 Å². The average molecular weight is 378 g/mol. The van der Waals surface area contributed by atoms with Gasteiger partial charge in [0.25, 0.3) is 0 Å². The number of aryl methyl sites for hydroxylation is 2. The predicted octanol–water partition coefficient (Wildman–Crippen LogP) is 3.96. The van der Waals surface area contributed by atoms with E-state index < -0.39 is 0 Å². The molecule has 0 amide bonds. The van der Waals surface area contributed by atoms with Gasteiger partial charge in [-0.05, 0) is 83.1 Å². The summed E-state index contributed by atoms with van der Waals surface area (Å²) in [4.78, 5) is 17.8. The fourth-order valence-corrected chi connectivity index (χ4v) is 4.37. The van der Waals surface area contributed by atoms with Gasteiger partial charge in [0.15, 0.2) is 0 Å². The molecule has 2 heterocycles. The van der Waals surface area contributed by atoms with E-state index in [1.807, 2.05) is 6.20 Å². The van der Waals surface area contributed by atoms with Crippen LogP contribution in [0.4, 0.5) is 0 Å². The molecule has 0 saturated carbocycles. The summed E-state index contributed by atoms with van der Waals surface area (Å²) in [5.41, 5.74) is 6.27. The third-order valence-corrected chi connectivity index (χ3v) is 5.79. The number of hydrogen-bond donors (Lipinski definition) is 1. The Morgan fingerprint density at radius 2 is 2.04 bits per heavy atom. The molecule has 0 fully saturated rings. The molecule has 0 saturated heterocycles. The number of nitrogens with zero attached hydrogens (tertiary/aromatic N) is 4. The summed E-state index contributed by atoms with van der Waals surface area (Å²) in [6.07, 6.45) is 7.68. The molecule has 0 spiro atoms. The monoisotopic (exact) mass is 377 g/mol. The minimum absolute atomic E-state index is 0.373. The van der Waals surface area contributed by atoms with E-state index >= 15 is 0 Å². The van der Waals surface area contributed by atoms with Crippen molar-refractivity contribution in [3.05, 3.63) is 59.2 Å². The third-order valence-electron chi connectivity index (χ3n) is 5.79. The maximum Gasteiger partial charge on any atom is 0.121 e. The van der Waals surface area contributed by atoms with Gasteiger partial charge in [0.1, 0.15) is 5.82 Å². The number of aromatic nitrogens is 3. The topological polar surface area (TPSA) is 48.1 Å². The summed E-state index contributed by atoms with van der Waals surface area (Å²) in [7, 11) is 6.45. The highest BCUT2D eigenvalue weighted by Crippen LogP contribution is 2.32. The predicted molar refractivity (Wildman–Crippen MR) is 114 cm³/mol. The molecular formula is C23H31N5. The number of aromatic amines is 1. The second-order valence-electron chi connectivity index (χ2n) is 8.27. The van der Waals surface area contributed by atoms with Gasteiger partial charge in [-0.3, -0.25) is 9.88 Å². The molecule has 5 nitrogen and oxygen atoms in total. The zero-order valence-electron chi connectivity index (χ0n) is 17.3. The quantitative estimate of drug-likeness (QED) is 0.677. The normalized spacial score (nSPS) is 16.8. The summed E-state index contributed by atoms with van der Waals surface area (Å²) in [5.74, 6) is 1.04. The van der Waals surface area contributed by atoms with Crippen molar-refractivity contribution in [3.8, 4) is 0 Å². The van der Waals surface area contributed by atoms with E-state index in [1.165, 1.54) is 23.2 Å². The van der Waals surface area contributed by atoms with Crippen LogP contribution in [0, 0.1) is 0 Å². The van der Waals surface area contributed by atoms with Crippen LogP contribution in [0.5, 0.6) is 0 Å². The average Bonchev–Trinajstić information content (AvgIpc) is 3.10. The van der Waals surface area contributed by atoms with Crippen molar-refractivity contribution < 1.29 is 0 Å². The maximum atomic E-state index is 4.97. The molecule has 4 rings (SSSR count). The van der Waals surface area contributed by atoms with Crippen LogP contribution in [0.15, 0.2) is 36.5 Å². The van der Waals surface area contributed by atoms with Crippen LogP contribution >= 0.6 is 0 Å². The molecular weight excluding hydrogens is 346 g/mol. The molecule has 2 aromatic heterocycles. The number of benzene rings is 1. The van der Waals surface area contributed by atoms with Crippen LogP contribution in [0.25, 0.3) is 11.0 Å². The first-order chi connectivity index (χ1) is 13.6. The lowest BCUT2D eigenvalue weighted by molar-refractivity contribution is 0.204. The van der Waals surface area contributed by atoms with Gasteiger partial charge >= 0.3 is 0 Å². The lowest BCUT2D eigenvalue weighted by Gasteiger charge is -2.31. The molecule has 1 unspecified atom stereocenters. The molecule has 1 aliphatic rings. The first-order valence-corrected chi connectivity index (χ1v) is 10.4. The van der Waals surface area contributed by atoms with Crippen LogP contribution in [-0.4, -0.2) is 52.4 Å². The van der Waals surface area contributed by atoms with Gasteiger partial charge in [0, 0.05) is 6.20 Å². The minimum Gasteiger partial charge on any atom is -0.341 e. The Labute approximate surface area is 167 Å². The van der Waals surface area contributed by atoms with Gasteiger partial charge in [-0.15, -0.1) is 0 Å². The Morgan fingerprint density at radius 1 is 1.14 bits per heavy atom. The van der Waals surface area contributed by atoms with E-state index in [2.05, 4.69) is 66.3 Å². The molecule has 1 atom stereocenters. The Bertz CT molecular complexity index is 930. The summed E-state index contributed by atoms with van der Waals surface area (Å²) < 4.78 is 0. The van der Waals surface area contributed by atoms with E-state index in [1.54, 1.807) is 0 Å². The Morgan fingerprint density at radius 3 is 2.89 bits per heavy atom.